The Bertz CT molecular complexity index is 530. The zero-order chi connectivity index (χ0) is 13.0. The lowest BCUT2D eigenvalue weighted by Gasteiger charge is -2.06. The van der Waals surface area contributed by atoms with E-state index in [0.717, 1.165) is 5.75 Å². The summed E-state index contributed by atoms with van der Waals surface area (Å²) in [5, 5.41) is 0. The minimum Gasteiger partial charge on any atom is -0.497 e. The second kappa shape index (κ2) is 5.17. The first-order valence-corrected chi connectivity index (χ1v) is 5.08. The summed E-state index contributed by atoms with van der Waals surface area (Å²) < 4.78 is 15.3. The third-order valence-corrected chi connectivity index (χ3v) is 2.06. The van der Waals surface area contributed by atoms with E-state index >= 15 is 0 Å². The van der Waals surface area contributed by atoms with Gasteiger partial charge in [-0.15, -0.1) is 4.98 Å². The van der Waals surface area contributed by atoms with Crippen LogP contribution in [0.15, 0.2) is 24.3 Å². The van der Waals surface area contributed by atoms with Crippen LogP contribution in [-0.4, -0.2) is 29.2 Å². The van der Waals surface area contributed by atoms with Crippen LogP contribution in [0.4, 0.5) is 5.95 Å². The molecule has 0 aliphatic heterocycles. The van der Waals surface area contributed by atoms with Crippen molar-refractivity contribution < 1.29 is 14.2 Å². The minimum atomic E-state index is 0.0327. The van der Waals surface area contributed by atoms with Crippen molar-refractivity contribution in [2.75, 3.05) is 20.0 Å². The van der Waals surface area contributed by atoms with E-state index in [4.69, 9.17) is 19.9 Å². The van der Waals surface area contributed by atoms with E-state index in [1.54, 1.807) is 31.4 Å². The zero-order valence-corrected chi connectivity index (χ0v) is 9.95. The number of methoxy groups -OCH3 is 2. The van der Waals surface area contributed by atoms with Gasteiger partial charge in [-0.25, -0.2) is 0 Å². The topological polar surface area (TPSA) is 92.4 Å². The van der Waals surface area contributed by atoms with Gasteiger partial charge in [-0.2, -0.15) is 9.97 Å². The molecule has 1 aromatic heterocycles. The average molecular weight is 248 g/mol. The molecule has 0 radical (unpaired) electrons. The Balaban J connectivity index is 2.19. The van der Waals surface area contributed by atoms with Crippen molar-refractivity contribution >= 4 is 5.95 Å². The van der Waals surface area contributed by atoms with Gasteiger partial charge in [-0.1, -0.05) is 0 Å². The summed E-state index contributed by atoms with van der Waals surface area (Å²) in [7, 11) is 3.03. The van der Waals surface area contributed by atoms with Crippen molar-refractivity contribution in [2.45, 2.75) is 0 Å². The largest absolute Gasteiger partial charge is 0.497 e. The predicted octanol–water partition coefficient (Wildman–Crippen LogP) is 1.26. The van der Waals surface area contributed by atoms with Crippen LogP contribution < -0.4 is 19.9 Å². The molecule has 0 saturated heterocycles. The smallest absolute Gasteiger partial charge is 0.330 e. The van der Waals surface area contributed by atoms with E-state index < -0.39 is 0 Å². The molecule has 0 fully saturated rings. The Labute approximate surface area is 104 Å². The monoisotopic (exact) mass is 248 g/mol. The molecule has 0 bridgehead atoms. The van der Waals surface area contributed by atoms with E-state index in [1.165, 1.54) is 7.11 Å². The number of ether oxygens (including phenoxy) is 3. The fraction of sp³-hybridized carbons (Fsp3) is 0.182. The molecule has 2 aromatic rings. The second-order valence-electron chi connectivity index (χ2n) is 3.24. The summed E-state index contributed by atoms with van der Waals surface area (Å²) in [5.74, 6) is 1.32. The summed E-state index contributed by atoms with van der Waals surface area (Å²) in [4.78, 5) is 11.5. The number of nitrogen functional groups attached to an aromatic ring is 1. The molecule has 7 nitrogen and oxygen atoms in total. The molecular weight excluding hydrogens is 236 g/mol. The average Bonchev–Trinajstić information content (AvgIpc) is 2.39. The van der Waals surface area contributed by atoms with Gasteiger partial charge < -0.3 is 19.9 Å². The number of anilines is 1. The maximum Gasteiger partial charge on any atom is 0.330 e. The van der Waals surface area contributed by atoms with Gasteiger partial charge in [0.15, 0.2) is 0 Å². The molecular formula is C11H12N4O3. The highest BCUT2D eigenvalue weighted by atomic mass is 16.5. The maximum absolute atomic E-state index is 5.49. The first kappa shape index (κ1) is 11.9. The molecule has 0 unspecified atom stereocenters. The van der Waals surface area contributed by atoms with Gasteiger partial charge in [0.1, 0.15) is 11.5 Å². The molecule has 0 amide bonds. The van der Waals surface area contributed by atoms with Gasteiger partial charge in [-0.3, -0.25) is 0 Å². The van der Waals surface area contributed by atoms with Crippen molar-refractivity contribution in [3.05, 3.63) is 24.3 Å². The summed E-state index contributed by atoms with van der Waals surface area (Å²) in [6, 6.07) is 7.15. The first-order valence-electron chi connectivity index (χ1n) is 5.08. The lowest BCUT2D eigenvalue weighted by molar-refractivity contribution is 0.360. The van der Waals surface area contributed by atoms with Crippen LogP contribution in [0.3, 0.4) is 0 Å². The van der Waals surface area contributed by atoms with E-state index in [0.29, 0.717) is 5.75 Å². The Hall–Kier alpha value is -2.57. The highest BCUT2D eigenvalue weighted by Crippen LogP contribution is 2.22. The van der Waals surface area contributed by atoms with E-state index in [1.807, 2.05) is 0 Å². The number of rotatable bonds is 4. The molecule has 94 valence electrons. The molecule has 1 aromatic carbocycles. The number of benzene rings is 1. The summed E-state index contributed by atoms with van der Waals surface area (Å²) >= 11 is 0. The Morgan fingerprint density at radius 2 is 1.44 bits per heavy atom. The van der Waals surface area contributed by atoms with Crippen molar-refractivity contribution in [3.63, 3.8) is 0 Å². The highest BCUT2D eigenvalue weighted by molar-refractivity contribution is 5.33. The maximum atomic E-state index is 5.49. The second-order valence-corrected chi connectivity index (χ2v) is 3.24. The number of nitrogens with two attached hydrogens (primary N) is 1. The Kier molecular flexibility index (Phi) is 3.42. The molecule has 0 spiro atoms. The lowest BCUT2D eigenvalue weighted by atomic mass is 10.3. The lowest BCUT2D eigenvalue weighted by Crippen LogP contribution is -2.02. The van der Waals surface area contributed by atoms with Crippen LogP contribution in [0.25, 0.3) is 0 Å². The standard InChI is InChI=1S/C11H12N4O3/c1-16-7-3-5-8(6-4-7)18-11-14-9(12)13-10(15-11)17-2/h3-6H,1-2H3,(H2,12,13,14,15). The van der Waals surface area contributed by atoms with Gasteiger partial charge in [0, 0.05) is 0 Å². The summed E-state index contributed by atoms with van der Waals surface area (Å²) in [5.41, 5.74) is 5.49. The molecule has 2 N–H and O–H groups in total. The van der Waals surface area contributed by atoms with Crippen LogP contribution in [0.2, 0.25) is 0 Å². The zero-order valence-electron chi connectivity index (χ0n) is 9.95. The van der Waals surface area contributed by atoms with Crippen molar-refractivity contribution in [3.8, 4) is 23.5 Å². The third-order valence-electron chi connectivity index (χ3n) is 2.06. The van der Waals surface area contributed by atoms with Crippen LogP contribution in [0.5, 0.6) is 23.5 Å². The van der Waals surface area contributed by atoms with Crippen molar-refractivity contribution in [1.29, 1.82) is 0 Å². The number of hydrogen-bond donors (Lipinski definition) is 1. The number of hydrogen-bond acceptors (Lipinski definition) is 7. The molecule has 0 atom stereocenters. The van der Waals surface area contributed by atoms with Gasteiger partial charge >= 0.3 is 12.0 Å². The van der Waals surface area contributed by atoms with Crippen LogP contribution in [0, 0.1) is 0 Å². The fourth-order valence-electron chi connectivity index (χ4n) is 1.24. The summed E-state index contributed by atoms with van der Waals surface area (Å²) in [6.07, 6.45) is 0. The molecule has 1 heterocycles. The predicted molar refractivity (Wildman–Crippen MR) is 63.9 cm³/mol. The highest BCUT2D eigenvalue weighted by Gasteiger charge is 2.06. The van der Waals surface area contributed by atoms with E-state index in [9.17, 15) is 0 Å². The van der Waals surface area contributed by atoms with Crippen LogP contribution >= 0.6 is 0 Å². The summed E-state index contributed by atoms with van der Waals surface area (Å²) in [6.45, 7) is 0. The Morgan fingerprint density at radius 1 is 0.833 bits per heavy atom. The van der Waals surface area contributed by atoms with Gasteiger partial charge in [0.05, 0.1) is 14.2 Å². The number of aromatic nitrogens is 3. The molecule has 7 heteroatoms. The third kappa shape index (κ3) is 2.76. The molecule has 0 saturated carbocycles. The molecule has 2 rings (SSSR count). The van der Waals surface area contributed by atoms with Crippen LogP contribution in [0.1, 0.15) is 0 Å². The molecule has 0 aliphatic carbocycles. The molecule has 0 aliphatic rings. The fourth-order valence-corrected chi connectivity index (χ4v) is 1.24. The van der Waals surface area contributed by atoms with Crippen LogP contribution in [-0.2, 0) is 0 Å². The van der Waals surface area contributed by atoms with Gasteiger partial charge in [0.25, 0.3) is 0 Å². The normalized spacial score (nSPS) is 9.89. The minimum absolute atomic E-state index is 0.0327. The van der Waals surface area contributed by atoms with Crippen molar-refractivity contribution in [1.82, 2.24) is 15.0 Å². The molecule has 18 heavy (non-hydrogen) atoms. The SMILES string of the molecule is COc1ccc(Oc2nc(N)nc(OC)n2)cc1. The van der Waals surface area contributed by atoms with Gasteiger partial charge in [0.2, 0.25) is 5.95 Å². The Morgan fingerprint density at radius 3 is 2.06 bits per heavy atom. The van der Waals surface area contributed by atoms with E-state index in [2.05, 4.69) is 15.0 Å². The van der Waals surface area contributed by atoms with E-state index in [-0.39, 0.29) is 18.0 Å². The van der Waals surface area contributed by atoms with Gasteiger partial charge in [-0.05, 0) is 24.3 Å². The number of nitrogens with zero attached hydrogens (tertiary/aromatic N) is 3. The van der Waals surface area contributed by atoms with Crippen molar-refractivity contribution in [2.24, 2.45) is 0 Å². The quantitative estimate of drug-likeness (QED) is 0.870. The first-order chi connectivity index (χ1) is 8.71.